The van der Waals surface area contributed by atoms with Crippen molar-refractivity contribution in [2.24, 2.45) is 5.92 Å². The lowest BCUT2D eigenvalue weighted by atomic mass is 9.92. The van der Waals surface area contributed by atoms with E-state index >= 15 is 0 Å². The molecule has 0 bridgehead atoms. The highest BCUT2D eigenvalue weighted by Crippen LogP contribution is 2.31. The highest BCUT2D eigenvalue weighted by molar-refractivity contribution is 5.80. The molecular weight excluding hydrogens is 264 g/mol. The summed E-state index contributed by atoms with van der Waals surface area (Å²) in [5, 5.41) is 3.32. The Balaban J connectivity index is 2.68. The summed E-state index contributed by atoms with van der Waals surface area (Å²) in [6.07, 6.45) is 4.62. The zero-order valence-corrected chi connectivity index (χ0v) is 14.7. The van der Waals surface area contributed by atoms with Gasteiger partial charge in [0, 0.05) is 12.1 Å². The first kappa shape index (κ1) is 18.4. The number of esters is 1. The molecular formula is C17H34N2O2. The van der Waals surface area contributed by atoms with E-state index in [1.807, 2.05) is 13.8 Å². The van der Waals surface area contributed by atoms with E-state index < -0.39 is 5.54 Å². The second kappa shape index (κ2) is 8.14. The second-order valence-corrected chi connectivity index (χ2v) is 7.06. The number of likely N-dealkylation sites (N-methyl/N-ethyl adjacent to an activating group) is 1. The predicted octanol–water partition coefficient (Wildman–Crippen LogP) is 2.82. The number of carbonyl (C=O) groups excluding carboxylic acids is 1. The highest BCUT2D eigenvalue weighted by atomic mass is 16.5. The molecule has 1 N–H and O–H groups in total. The molecule has 0 radical (unpaired) electrons. The number of methoxy groups -OCH3 is 1. The van der Waals surface area contributed by atoms with Crippen molar-refractivity contribution < 1.29 is 9.53 Å². The van der Waals surface area contributed by atoms with Gasteiger partial charge in [-0.1, -0.05) is 20.8 Å². The molecule has 1 aliphatic carbocycles. The molecule has 0 aliphatic heterocycles. The minimum atomic E-state index is -0.589. The molecule has 4 nitrogen and oxygen atoms in total. The first-order chi connectivity index (χ1) is 9.84. The molecule has 0 aromatic rings. The van der Waals surface area contributed by atoms with Crippen molar-refractivity contribution in [2.45, 2.75) is 77.9 Å². The van der Waals surface area contributed by atoms with Gasteiger partial charge in [-0.3, -0.25) is 9.69 Å². The maximum absolute atomic E-state index is 12.1. The molecule has 0 amide bonds. The van der Waals surface area contributed by atoms with Crippen molar-refractivity contribution in [2.75, 3.05) is 20.2 Å². The summed E-state index contributed by atoms with van der Waals surface area (Å²) in [5.74, 6) is 0.565. The number of hydrogen-bond acceptors (Lipinski definition) is 4. The Hall–Kier alpha value is -0.610. The van der Waals surface area contributed by atoms with Gasteiger partial charge in [0.1, 0.15) is 5.54 Å². The van der Waals surface area contributed by atoms with E-state index in [2.05, 4.69) is 31.0 Å². The van der Waals surface area contributed by atoms with Crippen LogP contribution in [0.4, 0.5) is 0 Å². The van der Waals surface area contributed by atoms with Gasteiger partial charge < -0.3 is 10.1 Å². The molecule has 2 unspecified atom stereocenters. The molecule has 1 saturated carbocycles. The van der Waals surface area contributed by atoms with Gasteiger partial charge in [0.15, 0.2) is 0 Å². The van der Waals surface area contributed by atoms with Crippen LogP contribution in [0.3, 0.4) is 0 Å². The summed E-state index contributed by atoms with van der Waals surface area (Å²) in [4.78, 5) is 14.7. The van der Waals surface area contributed by atoms with E-state index in [4.69, 9.17) is 4.74 Å². The van der Waals surface area contributed by atoms with Gasteiger partial charge in [-0.05, 0) is 58.5 Å². The molecule has 0 aromatic carbocycles. The van der Waals surface area contributed by atoms with Crippen LogP contribution in [0.1, 0.15) is 60.3 Å². The largest absolute Gasteiger partial charge is 0.468 e. The van der Waals surface area contributed by atoms with Gasteiger partial charge >= 0.3 is 5.97 Å². The zero-order valence-electron chi connectivity index (χ0n) is 14.7. The Morgan fingerprint density at radius 3 is 2.43 bits per heavy atom. The summed E-state index contributed by atoms with van der Waals surface area (Å²) in [6.45, 7) is 12.7. The fourth-order valence-corrected chi connectivity index (χ4v) is 3.13. The van der Waals surface area contributed by atoms with Crippen LogP contribution in [0.15, 0.2) is 0 Å². The summed E-state index contributed by atoms with van der Waals surface area (Å²) in [6, 6.07) is 1.11. The predicted molar refractivity (Wildman–Crippen MR) is 87.4 cm³/mol. The third kappa shape index (κ3) is 5.59. The Morgan fingerprint density at radius 1 is 1.38 bits per heavy atom. The summed E-state index contributed by atoms with van der Waals surface area (Å²) in [5.41, 5.74) is -0.589. The topological polar surface area (TPSA) is 41.6 Å². The average Bonchev–Trinajstić information content (AvgIpc) is 3.22. The van der Waals surface area contributed by atoms with Crippen molar-refractivity contribution in [1.82, 2.24) is 10.2 Å². The Labute approximate surface area is 130 Å². The number of nitrogens with one attached hydrogen (secondary N) is 1. The summed E-state index contributed by atoms with van der Waals surface area (Å²) < 4.78 is 5.00. The number of ether oxygens (including phenoxy) is 1. The van der Waals surface area contributed by atoms with Crippen molar-refractivity contribution in [3.05, 3.63) is 0 Å². The van der Waals surface area contributed by atoms with Crippen LogP contribution in [-0.4, -0.2) is 48.7 Å². The van der Waals surface area contributed by atoms with Crippen molar-refractivity contribution in [1.29, 1.82) is 0 Å². The molecule has 1 aliphatic rings. The van der Waals surface area contributed by atoms with Gasteiger partial charge in [0.2, 0.25) is 0 Å². The van der Waals surface area contributed by atoms with E-state index in [0.29, 0.717) is 6.04 Å². The quantitative estimate of drug-likeness (QED) is 0.630. The smallest absolute Gasteiger partial charge is 0.325 e. The summed E-state index contributed by atoms with van der Waals surface area (Å²) in [7, 11) is 1.47. The molecule has 0 spiro atoms. The molecule has 0 aromatic heterocycles. The van der Waals surface area contributed by atoms with E-state index in [9.17, 15) is 4.79 Å². The monoisotopic (exact) mass is 298 g/mol. The molecule has 0 saturated heterocycles. The first-order valence-electron chi connectivity index (χ1n) is 8.43. The van der Waals surface area contributed by atoms with Crippen molar-refractivity contribution >= 4 is 5.97 Å². The molecule has 1 fully saturated rings. The van der Waals surface area contributed by atoms with Gasteiger partial charge in [-0.15, -0.1) is 0 Å². The lowest BCUT2D eigenvalue weighted by Crippen LogP contribution is -2.54. The molecule has 0 heterocycles. The fraction of sp³-hybridized carbons (Fsp3) is 0.941. The Kier molecular flexibility index (Phi) is 7.14. The number of hydrogen-bond donors (Lipinski definition) is 1. The second-order valence-electron chi connectivity index (χ2n) is 7.06. The number of nitrogens with zero attached hydrogens (tertiary/aromatic N) is 1. The number of carbonyl (C=O) groups is 1. The minimum Gasteiger partial charge on any atom is -0.468 e. The maximum atomic E-state index is 12.1. The standard InChI is InChI=1S/C17H34N2O2/c1-7-18-17(5,16(20)21-6)12-14(4)19(15-8-9-15)11-10-13(2)3/h13-15,18H,7-12H2,1-6H3. The Bertz CT molecular complexity index is 329. The van der Waals surface area contributed by atoms with Gasteiger partial charge in [-0.2, -0.15) is 0 Å². The van der Waals surface area contributed by atoms with Crippen LogP contribution in [0, 0.1) is 5.92 Å². The molecule has 124 valence electrons. The lowest BCUT2D eigenvalue weighted by Gasteiger charge is -2.36. The van der Waals surface area contributed by atoms with Crippen LogP contribution < -0.4 is 5.32 Å². The van der Waals surface area contributed by atoms with E-state index in [1.165, 1.54) is 26.4 Å². The van der Waals surface area contributed by atoms with Crippen molar-refractivity contribution in [3.63, 3.8) is 0 Å². The third-order valence-electron chi connectivity index (χ3n) is 4.45. The first-order valence-corrected chi connectivity index (χ1v) is 8.43. The minimum absolute atomic E-state index is 0.157. The number of rotatable bonds is 10. The van der Waals surface area contributed by atoms with Crippen LogP contribution in [0.2, 0.25) is 0 Å². The third-order valence-corrected chi connectivity index (χ3v) is 4.45. The van der Waals surface area contributed by atoms with E-state index in [0.717, 1.165) is 31.5 Å². The molecule has 1 rings (SSSR count). The Morgan fingerprint density at radius 2 is 2.00 bits per heavy atom. The fourth-order valence-electron chi connectivity index (χ4n) is 3.13. The summed E-state index contributed by atoms with van der Waals surface area (Å²) >= 11 is 0. The lowest BCUT2D eigenvalue weighted by molar-refractivity contribution is -0.148. The van der Waals surface area contributed by atoms with Crippen LogP contribution in [0.5, 0.6) is 0 Å². The molecule has 4 heteroatoms. The van der Waals surface area contributed by atoms with Crippen molar-refractivity contribution in [3.8, 4) is 0 Å². The van der Waals surface area contributed by atoms with Gasteiger partial charge in [0.05, 0.1) is 7.11 Å². The van der Waals surface area contributed by atoms with Crippen LogP contribution in [-0.2, 0) is 9.53 Å². The van der Waals surface area contributed by atoms with E-state index in [1.54, 1.807) is 0 Å². The van der Waals surface area contributed by atoms with Gasteiger partial charge in [0.25, 0.3) is 0 Å². The van der Waals surface area contributed by atoms with Crippen LogP contribution in [0.25, 0.3) is 0 Å². The molecule has 2 atom stereocenters. The maximum Gasteiger partial charge on any atom is 0.325 e. The highest BCUT2D eigenvalue weighted by Gasteiger charge is 2.39. The van der Waals surface area contributed by atoms with Gasteiger partial charge in [-0.25, -0.2) is 0 Å². The SMILES string of the molecule is CCNC(C)(CC(C)N(CCC(C)C)C1CC1)C(=O)OC. The van der Waals surface area contributed by atoms with Crippen LogP contribution >= 0.6 is 0 Å². The normalized spacial score (nSPS) is 19.6. The zero-order chi connectivity index (χ0) is 16.0. The molecule has 21 heavy (non-hydrogen) atoms. The average molecular weight is 298 g/mol. The van der Waals surface area contributed by atoms with E-state index in [-0.39, 0.29) is 5.97 Å².